The lowest BCUT2D eigenvalue weighted by Crippen LogP contribution is -2.43. The Hall–Kier alpha value is -0.330. The summed E-state index contributed by atoms with van der Waals surface area (Å²) < 4.78 is 0. The van der Waals surface area contributed by atoms with Crippen molar-refractivity contribution in [1.29, 1.82) is 0 Å². The molecule has 0 heterocycles. The maximum absolute atomic E-state index is 12.7. The minimum absolute atomic E-state index is 0.209. The van der Waals surface area contributed by atoms with E-state index in [9.17, 15) is 4.79 Å². The van der Waals surface area contributed by atoms with Crippen LogP contribution in [0.2, 0.25) is 0 Å². The van der Waals surface area contributed by atoms with E-state index < -0.39 is 0 Å². The molecule has 1 fully saturated rings. The van der Waals surface area contributed by atoms with E-state index in [1.165, 1.54) is 32.1 Å². The first kappa shape index (κ1) is 22.7. The third kappa shape index (κ3) is 5.83. The molecule has 1 heteroatoms. The predicted octanol–water partition coefficient (Wildman–Crippen LogP) is 7.53. The van der Waals surface area contributed by atoms with Crippen molar-refractivity contribution in [3.63, 3.8) is 0 Å². The molecular weight excluding hydrogens is 304 g/mol. The molecule has 0 aromatic heterocycles. The fraction of sp³-hybridized carbons (Fsp3) is 0.958. The van der Waals surface area contributed by atoms with Gasteiger partial charge in [0.2, 0.25) is 0 Å². The minimum Gasteiger partial charge on any atom is -0.299 e. The van der Waals surface area contributed by atoms with Crippen LogP contribution in [0.4, 0.5) is 0 Å². The lowest BCUT2D eigenvalue weighted by Gasteiger charge is -2.53. The molecular formula is C24H46O. The average molecular weight is 351 g/mol. The fourth-order valence-corrected chi connectivity index (χ4v) is 5.88. The van der Waals surface area contributed by atoms with Gasteiger partial charge in [-0.1, -0.05) is 62.3 Å². The van der Waals surface area contributed by atoms with Gasteiger partial charge in [-0.15, -0.1) is 0 Å². The van der Waals surface area contributed by atoms with Crippen LogP contribution in [0.25, 0.3) is 0 Å². The maximum Gasteiger partial charge on any atom is 0.138 e. The lowest BCUT2D eigenvalue weighted by atomic mass is 9.52. The van der Waals surface area contributed by atoms with Crippen molar-refractivity contribution in [3.05, 3.63) is 0 Å². The SMILES string of the molecule is CCC1(C(C)(C)CC[C@@H](C)C(=O)C(C)CC(C)C)CC(C)CC(C)C1. The Morgan fingerprint density at radius 3 is 2.00 bits per heavy atom. The Kier molecular flexibility index (Phi) is 8.22. The molecule has 1 nitrogen and oxygen atoms in total. The normalized spacial score (nSPS) is 30.3. The molecule has 0 radical (unpaired) electrons. The summed E-state index contributed by atoms with van der Waals surface area (Å²) in [4.78, 5) is 12.7. The van der Waals surface area contributed by atoms with Crippen molar-refractivity contribution < 1.29 is 4.79 Å². The number of hydrogen-bond donors (Lipinski definition) is 0. The summed E-state index contributed by atoms with van der Waals surface area (Å²) in [5, 5.41) is 0. The number of carbonyl (C=O) groups excluding carboxylic acids is 1. The molecule has 25 heavy (non-hydrogen) atoms. The van der Waals surface area contributed by atoms with Crippen LogP contribution in [0.5, 0.6) is 0 Å². The molecule has 0 bridgehead atoms. The Morgan fingerprint density at radius 2 is 1.56 bits per heavy atom. The van der Waals surface area contributed by atoms with E-state index in [2.05, 4.69) is 62.3 Å². The van der Waals surface area contributed by atoms with E-state index in [1.807, 2.05) is 0 Å². The second kappa shape index (κ2) is 9.05. The molecule has 0 aromatic rings. The highest BCUT2D eigenvalue weighted by atomic mass is 16.1. The van der Waals surface area contributed by atoms with Gasteiger partial charge in [0.1, 0.15) is 5.78 Å². The second-order valence-corrected chi connectivity index (χ2v) is 10.7. The van der Waals surface area contributed by atoms with Gasteiger partial charge in [-0.05, 0) is 73.5 Å². The minimum atomic E-state index is 0.209. The summed E-state index contributed by atoms with van der Waals surface area (Å²) in [5.41, 5.74) is 0.775. The van der Waals surface area contributed by atoms with Crippen LogP contribution in [0.15, 0.2) is 0 Å². The van der Waals surface area contributed by atoms with E-state index in [1.54, 1.807) is 0 Å². The summed E-state index contributed by atoms with van der Waals surface area (Å²) in [6.45, 7) is 21.0. The molecule has 148 valence electrons. The van der Waals surface area contributed by atoms with E-state index in [0.717, 1.165) is 24.7 Å². The van der Waals surface area contributed by atoms with Crippen molar-refractivity contribution in [2.24, 2.45) is 40.4 Å². The van der Waals surface area contributed by atoms with Crippen molar-refractivity contribution in [2.75, 3.05) is 0 Å². The summed E-state index contributed by atoms with van der Waals surface area (Å²) in [5.74, 6) is 3.20. The molecule has 1 aliphatic rings. The number of hydrogen-bond acceptors (Lipinski definition) is 1. The summed E-state index contributed by atoms with van der Waals surface area (Å²) >= 11 is 0. The van der Waals surface area contributed by atoms with Crippen molar-refractivity contribution in [1.82, 2.24) is 0 Å². The third-order valence-electron chi connectivity index (χ3n) is 7.39. The zero-order chi connectivity index (χ0) is 19.4. The van der Waals surface area contributed by atoms with Gasteiger partial charge >= 0.3 is 0 Å². The van der Waals surface area contributed by atoms with Gasteiger partial charge in [0.25, 0.3) is 0 Å². The quantitative estimate of drug-likeness (QED) is 0.420. The third-order valence-corrected chi connectivity index (χ3v) is 7.39. The Bertz CT molecular complexity index is 410. The molecule has 0 saturated heterocycles. The first-order valence-corrected chi connectivity index (χ1v) is 11.0. The number of carbonyl (C=O) groups is 1. The topological polar surface area (TPSA) is 17.1 Å². The number of rotatable bonds is 9. The summed E-state index contributed by atoms with van der Waals surface area (Å²) in [6, 6.07) is 0. The van der Waals surface area contributed by atoms with Crippen molar-refractivity contribution >= 4 is 5.78 Å². The van der Waals surface area contributed by atoms with Crippen LogP contribution < -0.4 is 0 Å². The van der Waals surface area contributed by atoms with Crippen LogP contribution >= 0.6 is 0 Å². The fourth-order valence-electron chi connectivity index (χ4n) is 5.88. The Labute approximate surface area is 158 Å². The standard InChI is InChI=1S/C24H46O/c1-10-24(15-18(4)14-19(5)16-24)23(8,9)12-11-20(6)22(25)21(7)13-17(2)3/h17-21H,10-16H2,1-9H3/t18?,19?,20-,21?,24?/m1/s1. The molecule has 0 aromatic carbocycles. The average Bonchev–Trinajstić information content (AvgIpc) is 2.49. The van der Waals surface area contributed by atoms with Gasteiger partial charge in [0.15, 0.2) is 0 Å². The molecule has 0 aliphatic heterocycles. The molecule has 4 atom stereocenters. The summed E-state index contributed by atoms with van der Waals surface area (Å²) in [6.07, 6.45) is 8.67. The molecule has 3 unspecified atom stereocenters. The number of Topliss-reactive ketones (excluding diaryl/α,β-unsaturated/α-hetero) is 1. The van der Waals surface area contributed by atoms with Gasteiger partial charge in [-0.2, -0.15) is 0 Å². The number of ketones is 1. The summed E-state index contributed by atoms with van der Waals surface area (Å²) in [7, 11) is 0. The molecule has 1 rings (SSSR count). The van der Waals surface area contributed by atoms with Crippen LogP contribution in [0.3, 0.4) is 0 Å². The van der Waals surface area contributed by atoms with Gasteiger partial charge in [-0.25, -0.2) is 0 Å². The zero-order valence-corrected chi connectivity index (χ0v) is 18.7. The van der Waals surface area contributed by atoms with Gasteiger partial charge in [0.05, 0.1) is 0 Å². The molecule has 0 spiro atoms. The molecule has 0 amide bonds. The van der Waals surface area contributed by atoms with Crippen molar-refractivity contribution in [2.45, 2.75) is 107 Å². The largest absolute Gasteiger partial charge is 0.299 e. The van der Waals surface area contributed by atoms with E-state index in [0.29, 0.717) is 22.5 Å². The van der Waals surface area contributed by atoms with Gasteiger partial charge < -0.3 is 0 Å². The highest BCUT2D eigenvalue weighted by Crippen LogP contribution is 2.57. The first-order chi connectivity index (χ1) is 11.4. The van der Waals surface area contributed by atoms with Crippen LogP contribution in [0, 0.1) is 40.4 Å². The van der Waals surface area contributed by atoms with Crippen LogP contribution in [-0.2, 0) is 4.79 Å². The molecule has 1 saturated carbocycles. The Balaban J connectivity index is 2.74. The first-order valence-electron chi connectivity index (χ1n) is 11.0. The van der Waals surface area contributed by atoms with E-state index in [-0.39, 0.29) is 11.8 Å². The van der Waals surface area contributed by atoms with Gasteiger partial charge in [0, 0.05) is 11.8 Å². The predicted molar refractivity (Wildman–Crippen MR) is 111 cm³/mol. The van der Waals surface area contributed by atoms with E-state index >= 15 is 0 Å². The van der Waals surface area contributed by atoms with Crippen LogP contribution in [-0.4, -0.2) is 5.78 Å². The second-order valence-electron chi connectivity index (χ2n) is 10.7. The van der Waals surface area contributed by atoms with Gasteiger partial charge in [-0.3, -0.25) is 4.79 Å². The Morgan fingerprint density at radius 1 is 1.04 bits per heavy atom. The molecule has 1 aliphatic carbocycles. The smallest absolute Gasteiger partial charge is 0.138 e. The van der Waals surface area contributed by atoms with E-state index in [4.69, 9.17) is 0 Å². The van der Waals surface area contributed by atoms with Crippen molar-refractivity contribution in [3.8, 4) is 0 Å². The zero-order valence-electron chi connectivity index (χ0n) is 18.7. The highest BCUT2D eigenvalue weighted by molar-refractivity contribution is 5.82. The van der Waals surface area contributed by atoms with Crippen LogP contribution in [0.1, 0.15) is 107 Å². The molecule has 0 N–H and O–H groups in total. The highest BCUT2D eigenvalue weighted by Gasteiger charge is 2.47. The maximum atomic E-state index is 12.7. The lowest BCUT2D eigenvalue weighted by molar-refractivity contribution is -0.127. The monoisotopic (exact) mass is 350 g/mol.